The first kappa shape index (κ1) is 29.4. The Kier molecular flexibility index (Phi) is 10.0. The van der Waals surface area contributed by atoms with Crippen LogP contribution in [-0.2, 0) is 24.4 Å². The lowest BCUT2D eigenvalue weighted by atomic mass is 9.65. The highest BCUT2D eigenvalue weighted by Crippen LogP contribution is 2.45. The van der Waals surface area contributed by atoms with Gasteiger partial charge in [-0.05, 0) is 46.5 Å². The van der Waals surface area contributed by atoms with Crippen molar-refractivity contribution in [1.29, 1.82) is 0 Å². The molecule has 0 N–H and O–H groups in total. The van der Waals surface area contributed by atoms with Crippen LogP contribution in [0.15, 0.2) is 109 Å². The van der Waals surface area contributed by atoms with Crippen molar-refractivity contribution in [3.05, 3.63) is 131 Å². The summed E-state index contributed by atoms with van der Waals surface area (Å²) in [5.74, 6) is 1.70. The van der Waals surface area contributed by atoms with Gasteiger partial charge in [0.05, 0.1) is 45.1 Å². The maximum Gasteiger partial charge on any atom is 0.119 e. The Hall–Kier alpha value is -3.68. The Morgan fingerprint density at radius 1 is 0.488 bits per heavy atom. The third-order valence-corrected chi connectivity index (χ3v) is 7.80. The second-order valence-corrected chi connectivity index (χ2v) is 11.0. The lowest BCUT2D eigenvalue weighted by Crippen LogP contribution is -2.31. The average molecular weight is 581 g/mol. The van der Waals surface area contributed by atoms with E-state index in [4.69, 9.17) is 28.4 Å². The fourth-order valence-corrected chi connectivity index (χ4v) is 5.44. The van der Waals surface area contributed by atoms with Crippen molar-refractivity contribution < 1.29 is 28.4 Å². The predicted octanol–water partition coefficient (Wildman–Crippen LogP) is 6.44. The molecule has 6 rings (SSSR count). The number of rotatable bonds is 18. The van der Waals surface area contributed by atoms with Crippen LogP contribution in [0.3, 0.4) is 0 Å². The zero-order valence-corrected chi connectivity index (χ0v) is 24.6. The first-order valence-electron chi connectivity index (χ1n) is 15.3. The fraction of sp³-hybridized carbons (Fsp3) is 0.351. The van der Waals surface area contributed by atoms with Gasteiger partial charge in [0, 0.05) is 26.1 Å². The number of epoxide rings is 2. The van der Waals surface area contributed by atoms with Crippen LogP contribution < -0.4 is 9.47 Å². The smallest absolute Gasteiger partial charge is 0.119 e. The predicted molar refractivity (Wildman–Crippen MR) is 166 cm³/mol. The van der Waals surface area contributed by atoms with Gasteiger partial charge in [0.2, 0.25) is 0 Å². The van der Waals surface area contributed by atoms with Crippen LogP contribution in [0.25, 0.3) is 0 Å². The summed E-state index contributed by atoms with van der Waals surface area (Å²) < 4.78 is 33.8. The van der Waals surface area contributed by atoms with Crippen molar-refractivity contribution in [2.75, 3.05) is 52.9 Å². The molecule has 0 saturated carbocycles. The van der Waals surface area contributed by atoms with E-state index in [1.54, 1.807) is 0 Å². The van der Waals surface area contributed by atoms with Crippen LogP contribution >= 0.6 is 0 Å². The third kappa shape index (κ3) is 7.84. The van der Waals surface area contributed by atoms with E-state index < -0.39 is 5.41 Å². The Labute approximate surface area is 254 Å². The van der Waals surface area contributed by atoms with Gasteiger partial charge in [0.1, 0.15) is 23.7 Å². The molecule has 2 aliphatic heterocycles. The monoisotopic (exact) mass is 580 g/mol. The molecule has 0 spiro atoms. The van der Waals surface area contributed by atoms with Crippen molar-refractivity contribution in [3.63, 3.8) is 0 Å². The van der Waals surface area contributed by atoms with Crippen molar-refractivity contribution >= 4 is 0 Å². The number of benzene rings is 4. The standard InChI is InChI=1S/C37H40O6/c1-3-9-29(10-4-1)37(30-11-5-2-6-12-30,31-13-17-33(18-14-31)40-23-7-21-38-25-35-27-42-35)32-15-19-34(20-16-32)41-24-8-22-39-26-36-28-43-36/h1-6,9-20,35-36H,7-8,21-28H2. The summed E-state index contributed by atoms with van der Waals surface area (Å²) in [6.45, 7) is 5.55. The van der Waals surface area contributed by atoms with Crippen molar-refractivity contribution in [3.8, 4) is 11.5 Å². The van der Waals surface area contributed by atoms with Crippen LogP contribution in [0.4, 0.5) is 0 Å². The number of ether oxygens (including phenoxy) is 6. The molecule has 2 fully saturated rings. The molecular weight excluding hydrogens is 540 g/mol. The molecule has 2 unspecified atom stereocenters. The van der Waals surface area contributed by atoms with E-state index in [-0.39, 0.29) is 0 Å². The molecule has 224 valence electrons. The minimum atomic E-state index is -0.531. The minimum absolute atomic E-state index is 0.296. The fourth-order valence-electron chi connectivity index (χ4n) is 5.44. The summed E-state index contributed by atoms with van der Waals surface area (Å²) in [6, 6.07) is 38.4. The molecule has 0 aliphatic carbocycles. The lowest BCUT2D eigenvalue weighted by Gasteiger charge is -2.37. The first-order chi connectivity index (χ1) is 21.3. The van der Waals surface area contributed by atoms with Gasteiger partial charge in [-0.1, -0.05) is 84.9 Å². The Bertz CT molecular complexity index is 1260. The molecular formula is C37H40O6. The number of hydrogen-bond acceptors (Lipinski definition) is 6. The van der Waals surface area contributed by atoms with Crippen LogP contribution in [-0.4, -0.2) is 65.1 Å². The van der Waals surface area contributed by atoms with Crippen LogP contribution in [0, 0.1) is 0 Å². The second kappa shape index (κ2) is 14.7. The average Bonchev–Trinajstić information content (AvgIpc) is 4.00. The van der Waals surface area contributed by atoms with Gasteiger partial charge in [0.25, 0.3) is 0 Å². The second-order valence-electron chi connectivity index (χ2n) is 11.0. The van der Waals surface area contributed by atoms with E-state index in [2.05, 4.69) is 109 Å². The normalized spacial score (nSPS) is 17.4. The molecule has 43 heavy (non-hydrogen) atoms. The summed E-state index contributed by atoms with van der Waals surface area (Å²) in [7, 11) is 0. The molecule has 6 heteroatoms. The SMILES string of the molecule is c1ccc(C(c2ccccc2)(c2ccc(OCCCOCC3CO3)cc2)c2ccc(OCCCOCC3CO3)cc2)cc1. The van der Waals surface area contributed by atoms with Gasteiger partial charge in [-0.15, -0.1) is 0 Å². The van der Waals surface area contributed by atoms with E-state index in [0.29, 0.717) is 51.8 Å². The summed E-state index contributed by atoms with van der Waals surface area (Å²) >= 11 is 0. The molecule has 2 aliphatic rings. The molecule has 4 aromatic rings. The van der Waals surface area contributed by atoms with E-state index in [1.807, 2.05) is 0 Å². The van der Waals surface area contributed by atoms with Crippen molar-refractivity contribution in [2.45, 2.75) is 30.5 Å². The summed E-state index contributed by atoms with van der Waals surface area (Å²) in [4.78, 5) is 0. The summed E-state index contributed by atoms with van der Waals surface area (Å²) in [6.07, 6.45) is 2.26. The van der Waals surface area contributed by atoms with E-state index >= 15 is 0 Å². The maximum absolute atomic E-state index is 6.06. The van der Waals surface area contributed by atoms with E-state index in [1.165, 1.54) is 11.1 Å². The number of hydrogen-bond donors (Lipinski definition) is 0. The summed E-state index contributed by atoms with van der Waals surface area (Å²) in [5.41, 5.74) is 4.18. The summed E-state index contributed by atoms with van der Waals surface area (Å²) in [5, 5.41) is 0. The van der Waals surface area contributed by atoms with Gasteiger partial charge in [-0.25, -0.2) is 0 Å². The molecule has 2 atom stereocenters. The van der Waals surface area contributed by atoms with Crippen molar-refractivity contribution in [2.24, 2.45) is 0 Å². The zero-order valence-electron chi connectivity index (χ0n) is 24.6. The van der Waals surface area contributed by atoms with Gasteiger partial charge in [0.15, 0.2) is 0 Å². The lowest BCUT2D eigenvalue weighted by molar-refractivity contribution is 0.104. The van der Waals surface area contributed by atoms with E-state index in [9.17, 15) is 0 Å². The topological polar surface area (TPSA) is 62.0 Å². The highest BCUT2D eigenvalue weighted by molar-refractivity contribution is 5.60. The molecule has 0 aromatic heterocycles. The molecule has 2 saturated heterocycles. The highest BCUT2D eigenvalue weighted by Gasteiger charge is 2.38. The molecule has 6 nitrogen and oxygen atoms in total. The van der Waals surface area contributed by atoms with Gasteiger partial charge in [-0.2, -0.15) is 0 Å². The van der Waals surface area contributed by atoms with Crippen LogP contribution in [0.5, 0.6) is 11.5 Å². The Balaban J connectivity index is 1.21. The van der Waals surface area contributed by atoms with Crippen LogP contribution in [0.2, 0.25) is 0 Å². The van der Waals surface area contributed by atoms with E-state index in [0.717, 1.165) is 48.7 Å². The van der Waals surface area contributed by atoms with Gasteiger partial charge >= 0.3 is 0 Å². The van der Waals surface area contributed by atoms with Gasteiger partial charge in [-0.3, -0.25) is 0 Å². The molecule has 0 bridgehead atoms. The Morgan fingerprint density at radius 2 is 0.860 bits per heavy atom. The highest BCUT2D eigenvalue weighted by atomic mass is 16.6. The molecule has 0 amide bonds. The quantitative estimate of drug-likeness (QED) is 0.0767. The molecule has 2 heterocycles. The third-order valence-electron chi connectivity index (χ3n) is 7.80. The molecule has 4 aromatic carbocycles. The largest absolute Gasteiger partial charge is 0.494 e. The zero-order chi connectivity index (χ0) is 29.2. The first-order valence-corrected chi connectivity index (χ1v) is 15.3. The molecule has 0 radical (unpaired) electrons. The maximum atomic E-state index is 6.06. The van der Waals surface area contributed by atoms with Crippen molar-refractivity contribution in [1.82, 2.24) is 0 Å². The van der Waals surface area contributed by atoms with Crippen LogP contribution in [0.1, 0.15) is 35.1 Å². The Morgan fingerprint density at radius 3 is 1.23 bits per heavy atom. The minimum Gasteiger partial charge on any atom is -0.494 e. The van der Waals surface area contributed by atoms with Gasteiger partial charge < -0.3 is 28.4 Å².